The molecule has 0 radical (unpaired) electrons. The van der Waals surface area contributed by atoms with Crippen LogP contribution in [0.15, 0.2) is 5.38 Å². The van der Waals surface area contributed by atoms with E-state index < -0.39 is 0 Å². The summed E-state index contributed by atoms with van der Waals surface area (Å²) in [6.45, 7) is 4.14. The Morgan fingerprint density at radius 1 is 1.35 bits per heavy atom. The van der Waals surface area contributed by atoms with Gasteiger partial charge in [-0.15, -0.1) is 11.3 Å². The topological polar surface area (TPSA) is 86.8 Å². The van der Waals surface area contributed by atoms with Crippen LogP contribution in [0.3, 0.4) is 0 Å². The minimum atomic E-state index is -0.189. The highest BCUT2D eigenvalue weighted by atomic mass is 32.1. The van der Waals surface area contributed by atoms with Crippen molar-refractivity contribution in [3.05, 3.63) is 11.1 Å². The van der Waals surface area contributed by atoms with Crippen molar-refractivity contribution in [2.75, 3.05) is 58.4 Å². The van der Waals surface area contributed by atoms with Gasteiger partial charge in [-0.3, -0.25) is 9.59 Å². The standard InChI is InChI=1S/C17H27N5O3S/c1-21(2)17-20-14(11-26-17)10-19-15(23)12-7-13(9-18-8-12)16(24)22-3-5-25-6-4-22/h11-13,18H,3-10H2,1-2H3,(H,19,23)/t12-,13+/m0/s1. The zero-order chi connectivity index (χ0) is 18.5. The van der Waals surface area contributed by atoms with Crippen LogP contribution < -0.4 is 15.5 Å². The number of hydrogen-bond donors (Lipinski definition) is 2. The number of ether oxygens (including phenoxy) is 1. The third-order valence-corrected chi connectivity index (χ3v) is 5.82. The molecule has 3 rings (SSSR count). The minimum Gasteiger partial charge on any atom is -0.378 e. The van der Waals surface area contributed by atoms with E-state index in [-0.39, 0.29) is 23.7 Å². The van der Waals surface area contributed by atoms with Crippen molar-refractivity contribution in [3.8, 4) is 0 Å². The number of nitrogens with zero attached hydrogens (tertiary/aromatic N) is 3. The molecule has 3 heterocycles. The van der Waals surface area contributed by atoms with Gasteiger partial charge in [-0.05, 0) is 6.42 Å². The number of morpholine rings is 1. The van der Waals surface area contributed by atoms with Crippen LogP contribution in [0, 0.1) is 11.8 Å². The SMILES string of the molecule is CN(C)c1nc(CNC(=O)[C@@H]2CNC[C@H](C(=O)N3CCOCC3)C2)cs1. The molecule has 2 saturated heterocycles. The highest BCUT2D eigenvalue weighted by molar-refractivity contribution is 7.13. The van der Waals surface area contributed by atoms with Gasteiger partial charge in [0, 0.05) is 45.7 Å². The largest absolute Gasteiger partial charge is 0.378 e. The first-order chi connectivity index (χ1) is 12.5. The number of nitrogens with one attached hydrogen (secondary N) is 2. The summed E-state index contributed by atoms with van der Waals surface area (Å²) in [5, 5.41) is 9.08. The molecule has 26 heavy (non-hydrogen) atoms. The number of anilines is 1. The van der Waals surface area contributed by atoms with Crippen molar-refractivity contribution in [2.45, 2.75) is 13.0 Å². The summed E-state index contributed by atoms with van der Waals surface area (Å²) in [5.41, 5.74) is 0.858. The van der Waals surface area contributed by atoms with Crippen LogP contribution >= 0.6 is 11.3 Å². The van der Waals surface area contributed by atoms with Crippen LogP contribution in [-0.2, 0) is 20.9 Å². The van der Waals surface area contributed by atoms with Gasteiger partial charge in [0.1, 0.15) is 0 Å². The van der Waals surface area contributed by atoms with Gasteiger partial charge >= 0.3 is 0 Å². The fourth-order valence-electron chi connectivity index (χ4n) is 3.28. The third-order valence-electron chi connectivity index (χ3n) is 4.76. The number of rotatable bonds is 5. The fraction of sp³-hybridized carbons (Fsp3) is 0.706. The van der Waals surface area contributed by atoms with E-state index in [0.29, 0.717) is 52.4 Å². The predicted octanol–water partition coefficient (Wildman–Crippen LogP) is -0.0902. The van der Waals surface area contributed by atoms with E-state index in [0.717, 1.165) is 10.8 Å². The Balaban J connectivity index is 1.49. The molecule has 0 aliphatic carbocycles. The second kappa shape index (κ2) is 8.79. The molecule has 0 unspecified atom stereocenters. The van der Waals surface area contributed by atoms with E-state index >= 15 is 0 Å². The van der Waals surface area contributed by atoms with Gasteiger partial charge < -0.3 is 25.2 Å². The normalized spacial score (nSPS) is 23.5. The summed E-state index contributed by atoms with van der Waals surface area (Å²) in [7, 11) is 3.89. The molecule has 2 atom stereocenters. The van der Waals surface area contributed by atoms with Gasteiger partial charge in [0.25, 0.3) is 0 Å². The quantitative estimate of drug-likeness (QED) is 0.741. The van der Waals surface area contributed by atoms with Crippen LogP contribution in [-0.4, -0.2) is 75.2 Å². The molecule has 0 aromatic carbocycles. The number of piperidine rings is 1. The van der Waals surface area contributed by atoms with Crippen molar-refractivity contribution < 1.29 is 14.3 Å². The molecule has 2 amide bonds. The average Bonchev–Trinajstić information content (AvgIpc) is 3.16. The van der Waals surface area contributed by atoms with Gasteiger partial charge in [-0.2, -0.15) is 0 Å². The van der Waals surface area contributed by atoms with Crippen molar-refractivity contribution in [3.63, 3.8) is 0 Å². The van der Waals surface area contributed by atoms with Gasteiger partial charge in [0.2, 0.25) is 11.8 Å². The van der Waals surface area contributed by atoms with Crippen molar-refractivity contribution in [1.82, 2.24) is 20.5 Å². The molecule has 2 N–H and O–H groups in total. The van der Waals surface area contributed by atoms with E-state index in [4.69, 9.17) is 4.74 Å². The molecule has 1 aromatic heterocycles. The molecule has 0 saturated carbocycles. The summed E-state index contributed by atoms with van der Waals surface area (Å²) in [5.74, 6) is -0.215. The molecule has 8 nitrogen and oxygen atoms in total. The van der Waals surface area contributed by atoms with Gasteiger partial charge in [0.05, 0.1) is 37.3 Å². The number of aromatic nitrogens is 1. The summed E-state index contributed by atoms with van der Waals surface area (Å²) >= 11 is 1.56. The molecule has 9 heteroatoms. The minimum absolute atomic E-state index is 0.0172. The molecule has 2 aliphatic heterocycles. The molecular formula is C17H27N5O3S. The Bertz CT molecular complexity index is 630. The molecule has 1 aromatic rings. The highest BCUT2D eigenvalue weighted by Gasteiger charge is 2.33. The van der Waals surface area contributed by atoms with Crippen molar-refractivity contribution in [1.29, 1.82) is 0 Å². The van der Waals surface area contributed by atoms with Gasteiger partial charge in [-0.1, -0.05) is 0 Å². The van der Waals surface area contributed by atoms with Crippen molar-refractivity contribution >= 4 is 28.3 Å². The first kappa shape index (κ1) is 19.1. The highest BCUT2D eigenvalue weighted by Crippen LogP contribution is 2.21. The lowest BCUT2D eigenvalue weighted by Crippen LogP contribution is -2.51. The molecular weight excluding hydrogens is 354 g/mol. The molecule has 144 valence electrons. The Morgan fingerprint density at radius 2 is 2.08 bits per heavy atom. The lowest BCUT2D eigenvalue weighted by atomic mass is 9.88. The van der Waals surface area contributed by atoms with Crippen LogP contribution in [0.5, 0.6) is 0 Å². The summed E-state index contributed by atoms with van der Waals surface area (Å²) in [6, 6.07) is 0. The smallest absolute Gasteiger partial charge is 0.227 e. The Kier molecular flexibility index (Phi) is 6.44. The molecule has 2 fully saturated rings. The monoisotopic (exact) mass is 381 g/mol. The first-order valence-corrected chi connectivity index (χ1v) is 9.89. The molecule has 0 spiro atoms. The van der Waals surface area contributed by atoms with Crippen LogP contribution in [0.1, 0.15) is 12.1 Å². The maximum Gasteiger partial charge on any atom is 0.227 e. The summed E-state index contributed by atoms with van der Waals surface area (Å²) < 4.78 is 5.31. The van der Waals surface area contributed by atoms with Crippen LogP contribution in [0.2, 0.25) is 0 Å². The van der Waals surface area contributed by atoms with Gasteiger partial charge in [-0.25, -0.2) is 4.98 Å². The van der Waals surface area contributed by atoms with E-state index in [1.54, 1.807) is 11.3 Å². The zero-order valence-corrected chi connectivity index (χ0v) is 16.2. The third kappa shape index (κ3) is 4.72. The van der Waals surface area contributed by atoms with Crippen molar-refractivity contribution in [2.24, 2.45) is 11.8 Å². The van der Waals surface area contributed by atoms with Crippen LogP contribution in [0.4, 0.5) is 5.13 Å². The average molecular weight is 382 g/mol. The Morgan fingerprint density at radius 3 is 2.77 bits per heavy atom. The fourth-order valence-corrected chi connectivity index (χ4v) is 4.03. The number of thiazole rings is 1. The van der Waals surface area contributed by atoms with E-state index in [9.17, 15) is 9.59 Å². The second-order valence-electron chi connectivity index (χ2n) is 6.96. The second-order valence-corrected chi connectivity index (χ2v) is 7.80. The lowest BCUT2D eigenvalue weighted by molar-refractivity contribution is -0.141. The number of carbonyl (C=O) groups is 2. The van der Waals surface area contributed by atoms with Crippen LogP contribution in [0.25, 0.3) is 0 Å². The van der Waals surface area contributed by atoms with E-state index in [2.05, 4.69) is 15.6 Å². The predicted molar refractivity (Wildman–Crippen MR) is 100 cm³/mol. The summed E-state index contributed by atoms with van der Waals surface area (Å²) in [6.07, 6.45) is 0.592. The van der Waals surface area contributed by atoms with E-state index in [1.165, 1.54) is 0 Å². The Hall–Kier alpha value is -1.71. The number of carbonyl (C=O) groups excluding carboxylic acids is 2. The maximum absolute atomic E-state index is 12.7. The summed E-state index contributed by atoms with van der Waals surface area (Å²) in [4.78, 5) is 33.5. The van der Waals surface area contributed by atoms with E-state index in [1.807, 2.05) is 29.3 Å². The maximum atomic E-state index is 12.7. The first-order valence-electron chi connectivity index (χ1n) is 9.01. The lowest BCUT2D eigenvalue weighted by Gasteiger charge is -2.34. The van der Waals surface area contributed by atoms with Gasteiger partial charge in [0.15, 0.2) is 5.13 Å². The number of hydrogen-bond acceptors (Lipinski definition) is 7. The zero-order valence-electron chi connectivity index (χ0n) is 15.4. The number of amides is 2. The molecule has 2 aliphatic rings. The Labute approximate surface area is 157 Å². The molecule has 0 bridgehead atoms.